The van der Waals surface area contributed by atoms with E-state index in [0.29, 0.717) is 25.1 Å². The smallest absolute Gasteiger partial charge is 0.237 e. The summed E-state index contributed by atoms with van der Waals surface area (Å²) in [5, 5.41) is 5.77. The van der Waals surface area contributed by atoms with Gasteiger partial charge < -0.3 is 15.1 Å². The Morgan fingerprint density at radius 2 is 2.16 bits per heavy atom. The van der Waals surface area contributed by atoms with Gasteiger partial charge in [-0.05, 0) is 36.6 Å². The molecule has 1 atom stereocenters. The predicted octanol–water partition coefficient (Wildman–Crippen LogP) is 3.02. The second-order valence-electron chi connectivity index (χ2n) is 5.97. The molecule has 0 aliphatic carbocycles. The molecule has 0 saturated heterocycles. The molecule has 2 aromatic rings. The molecule has 1 aliphatic heterocycles. The zero-order valence-electron chi connectivity index (χ0n) is 14.0. The number of aryl methyl sites for hydroxylation is 1. The fourth-order valence-electron chi connectivity index (χ4n) is 2.81. The topological polar surface area (TPSA) is 71.3 Å². The van der Waals surface area contributed by atoms with Gasteiger partial charge in [-0.3, -0.25) is 9.59 Å². The fourth-order valence-corrected chi connectivity index (χ4v) is 3.89. The lowest BCUT2D eigenvalue weighted by molar-refractivity contribution is -0.120. The molecule has 2 N–H and O–H groups in total. The van der Waals surface area contributed by atoms with Gasteiger partial charge in [0.15, 0.2) is 0 Å². The Hall–Kier alpha value is -2.21. The van der Waals surface area contributed by atoms with Crippen LogP contribution in [0, 0.1) is 0 Å². The van der Waals surface area contributed by atoms with Crippen molar-refractivity contribution < 1.29 is 14.0 Å². The number of rotatable bonds is 7. The molecule has 1 aliphatic rings. The third-order valence-electron chi connectivity index (χ3n) is 4.17. The zero-order valence-corrected chi connectivity index (χ0v) is 14.8. The molecule has 6 heteroatoms. The first-order valence-electron chi connectivity index (χ1n) is 8.52. The van der Waals surface area contributed by atoms with Gasteiger partial charge in [-0.25, -0.2) is 0 Å². The molecule has 1 unspecified atom stereocenters. The molecule has 3 rings (SSSR count). The SMILES string of the molecule is O=C(CCSC1CCc2ccccc2NC1=O)NCCc1ccco1. The van der Waals surface area contributed by atoms with Gasteiger partial charge in [-0.1, -0.05) is 18.2 Å². The van der Waals surface area contributed by atoms with Crippen LogP contribution in [0.4, 0.5) is 5.69 Å². The molecule has 2 heterocycles. The molecule has 0 bridgehead atoms. The van der Waals surface area contributed by atoms with Crippen LogP contribution in [0.2, 0.25) is 0 Å². The number of anilines is 1. The van der Waals surface area contributed by atoms with Gasteiger partial charge in [0.05, 0.1) is 11.5 Å². The van der Waals surface area contributed by atoms with Crippen LogP contribution < -0.4 is 10.6 Å². The number of hydrogen-bond donors (Lipinski definition) is 2. The van der Waals surface area contributed by atoms with Crippen LogP contribution in [-0.2, 0) is 22.4 Å². The van der Waals surface area contributed by atoms with Crippen molar-refractivity contribution in [2.24, 2.45) is 0 Å². The molecule has 0 spiro atoms. The Bertz CT molecular complexity index is 715. The molecule has 0 radical (unpaired) electrons. The van der Waals surface area contributed by atoms with Gasteiger partial charge in [0.1, 0.15) is 5.76 Å². The molecule has 0 saturated carbocycles. The lowest BCUT2D eigenvalue weighted by Gasteiger charge is -2.12. The first kappa shape index (κ1) is 17.6. The summed E-state index contributed by atoms with van der Waals surface area (Å²) in [5.41, 5.74) is 2.08. The highest BCUT2D eigenvalue weighted by molar-refractivity contribution is 8.00. The average Bonchev–Trinajstić information content (AvgIpc) is 3.06. The van der Waals surface area contributed by atoms with Crippen molar-refractivity contribution in [3.05, 3.63) is 54.0 Å². The van der Waals surface area contributed by atoms with Crippen molar-refractivity contribution in [1.29, 1.82) is 0 Å². The van der Waals surface area contributed by atoms with E-state index < -0.39 is 0 Å². The third-order valence-corrected chi connectivity index (χ3v) is 5.46. The lowest BCUT2D eigenvalue weighted by Crippen LogP contribution is -2.27. The van der Waals surface area contributed by atoms with E-state index in [9.17, 15) is 9.59 Å². The Morgan fingerprint density at radius 3 is 3.00 bits per heavy atom. The quantitative estimate of drug-likeness (QED) is 0.798. The number of fused-ring (bicyclic) bond motifs is 1. The van der Waals surface area contributed by atoms with Crippen molar-refractivity contribution in [2.45, 2.75) is 30.9 Å². The summed E-state index contributed by atoms with van der Waals surface area (Å²) in [4.78, 5) is 24.2. The third kappa shape index (κ3) is 5.13. The monoisotopic (exact) mass is 358 g/mol. The summed E-state index contributed by atoms with van der Waals surface area (Å²) in [7, 11) is 0. The summed E-state index contributed by atoms with van der Waals surface area (Å²) in [6.45, 7) is 0.566. The van der Waals surface area contributed by atoms with Crippen LogP contribution in [-0.4, -0.2) is 29.4 Å². The molecule has 132 valence electrons. The van der Waals surface area contributed by atoms with Crippen molar-refractivity contribution in [1.82, 2.24) is 5.32 Å². The number of carbonyl (C=O) groups is 2. The van der Waals surface area contributed by atoms with E-state index in [-0.39, 0.29) is 17.1 Å². The van der Waals surface area contributed by atoms with Crippen molar-refractivity contribution in [3.8, 4) is 0 Å². The molecule has 25 heavy (non-hydrogen) atoms. The number of nitrogens with one attached hydrogen (secondary N) is 2. The molecular formula is C19H22N2O3S. The number of thioether (sulfide) groups is 1. The Morgan fingerprint density at radius 1 is 1.28 bits per heavy atom. The zero-order chi connectivity index (χ0) is 17.5. The Balaban J connectivity index is 1.37. The van der Waals surface area contributed by atoms with Gasteiger partial charge in [-0.2, -0.15) is 0 Å². The van der Waals surface area contributed by atoms with E-state index in [4.69, 9.17) is 4.42 Å². The first-order chi connectivity index (χ1) is 12.2. The van der Waals surface area contributed by atoms with E-state index in [1.807, 2.05) is 30.3 Å². The van der Waals surface area contributed by atoms with Crippen LogP contribution in [0.1, 0.15) is 24.2 Å². The molecule has 0 fully saturated rings. The second-order valence-corrected chi connectivity index (χ2v) is 7.28. The number of hydrogen-bond acceptors (Lipinski definition) is 4. The highest BCUT2D eigenvalue weighted by Gasteiger charge is 2.23. The maximum atomic E-state index is 12.3. The lowest BCUT2D eigenvalue weighted by atomic mass is 10.1. The minimum absolute atomic E-state index is 0.0105. The predicted molar refractivity (Wildman–Crippen MR) is 99.7 cm³/mol. The van der Waals surface area contributed by atoms with Gasteiger partial charge in [0.25, 0.3) is 0 Å². The van der Waals surface area contributed by atoms with Crippen LogP contribution in [0.25, 0.3) is 0 Å². The first-order valence-corrected chi connectivity index (χ1v) is 9.57. The van der Waals surface area contributed by atoms with Crippen LogP contribution >= 0.6 is 11.8 Å². The second kappa shape index (κ2) is 8.76. The van der Waals surface area contributed by atoms with E-state index in [1.165, 1.54) is 5.56 Å². The molecule has 2 amide bonds. The van der Waals surface area contributed by atoms with Gasteiger partial charge >= 0.3 is 0 Å². The summed E-state index contributed by atoms with van der Waals surface area (Å²) in [5.74, 6) is 1.55. The average molecular weight is 358 g/mol. The highest BCUT2D eigenvalue weighted by atomic mass is 32.2. The fraction of sp³-hybridized carbons (Fsp3) is 0.368. The highest BCUT2D eigenvalue weighted by Crippen LogP contribution is 2.27. The van der Waals surface area contributed by atoms with Crippen molar-refractivity contribution >= 4 is 29.3 Å². The van der Waals surface area contributed by atoms with Crippen molar-refractivity contribution in [3.63, 3.8) is 0 Å². The normalized spacial score (nSPS) is 16.6. The number of amides is 2. The number of carbonyl (C=O) groups excluding carboxylic acids is 2. The van der Waals surface area contributed by atoms with E-state index in [2.05, 4.69) is 16.7 Å². The summed E-state index contributed by atoms with van der Waals surface area (Å²) in [6.07, 6.45) is 4.41. The molecule has 1 aromatic heterocycles. The largest absolute Gasteiger partial charge is 0.469 e. The van der Waals surface area contributed by atoms with Crippen LogP contribution in [0.15, 0.2) is 47.1 Å². The number of para-hydroxylation sites is 1. The van der Waals surface area contributed by atoms with E-state index in [0.717, 1.165) is 24.3 Å². The standard InChI is InChI=1S/C19H22N2O3S/c22-18(20-11-9-15-5-3-12-24-15)10-13-25-17-8-7-14-4-1-2-6-16(14)21-19(17)23/h1-6,12,17H,7-11,13H2,(H,20,22)(H,21,23). The summed E-state index contributed by atoms with van der Waals surface area (Å²) in [6, 6.07) is 11.6. The maximum Gasteiger partial charge on any atom is 0.237 e. The summed E-state index contributed by atoms with van der Waals surface area (Å²) >= 11 is 1.56. The maximum absolute atomic E-state index is 12.3. The summed E-state index contributed by atoms with van der Waals surface area (Å²) < 4.78 is 5.23. The van der Waals surface area contributed by atoms with Crippen LogP contribution in [0.5, 0.6) is 0 Å². The molecule has 1 aromatic carbocycles. The minimum Gasteiger partial charge on any atom is -0.469 e. The number of benzene rings is 1. The van der Waals surface area contributed by atoms with Gasteiger partial charge in [0, 0.05) is 30.8 Å². The van der Waals surface area contributed by atoms with Crippen molar-refractivity contribution in [2.75, 3.05) is 17.6 Å². The number of furan rings is 1. The molecule has 5 nitrogen and oxygen atoms in total. The van der Waals surface area contributed by atoms with Gasteiger partial charge in [0.2, 0.25) is 11.8 Å². The minimum atomic E-state index is -0.108. The van der Waals surface area contributed by atoms with E-state index >= 15 is 0 Å². The van der Waals surface area contributed by atoms with E-state index in [1.54, 1.807) is 18.0 Å². The molecular weight excluding hydrogens is 336 g/mol. The van der Waals surface area contributed by atoms with Crippen LogP contribution in [0.3, 0.4) is 0 Å². The van der Waals surface area contributed by atoms with Gasteiger partial charge in [-0.15, -0.1) is 11.8 Å². The Labute approximate surface area is 151 Å². The Kier molecular flexibility index (Phi) is 6.17.